The van der Waals surface area contributed by atoms with E-state index in [4.69, 9.17) is 0 Å². The molecular formula is C30H44N4O6. The van der Waals surface area contributed by atoms with Gasteiger partial charge in [0.15, 0.2) is 5.78 Å². The maximum Gasteiger partial charge on any atom is 0.246 e. The molecule has 2 aliphatic heterocycles. The zero-order valence-corrected chi connectivity index (χ0v) is 23.9. The molecule has 40 heavy (non-hydrogen) atoms. The van der Waals surface area contributed by atoms with Gasteiger partial charge in [-0.1, -0.05) is 57.0 Å². The average molecular weight is 557 g/mol. The number of nitrogens with one attached hydrogen (secondary N) is 3. The largest absolute Gasteiger partial charge is 0.386 e. The number of fused-ring (bicyclic) bond motifs is 1. The first-order chi connectivity index (χ1) is 19.1. The minimum absolute atomic E-state index is 0.227. The summed E-state index contributed by atoms with van der Waals surface area (Å²) in [5, 5.41) is 18.1. The number of rotatable bonds is 11. The summed E-state index contributed by atoms with van der Waals surface area (Å²) in [6.07, 6.45) is 3.36. The van der Waals surface area contributed by atoms with E-state index in [2.05, 4.69) is 16.0 Å². The van der Waals surface area contributed by atoms with Crippen molar-refractivity contribution in [1.82, 2.24) is 20.9 Å². The lowest BCUT2D eigenvalue weighted by Gasteiger charge is -2.37. The summed E-state index contributed by atoms with van der Waals surface area (Å²) < 4.78 is 0. The van der Waals surface area contributed by atoms with Gasteiger partial charge in [-0.15, -0.1) is 0 Å². The van der Waals surface area contributed by atoms with Gasteiger partial charge in [-0.05, 0) is 51.0 Å². The molecule has 4 N–H and O–H groups in total. The molecule has 0 saturated carbocycles. The molecule has 1 aromatic rings. The second-order valence-corrected chi connectivity index (χ2v) is 11.0. The van der Waals surface area contributed by atoms with E-state index in [1.54, 1.807) is 4.90 Å². The van der Waals surface area contributed by atoms with Gasteiger partial charge in [0.2, 0.25) is 23.6 Å². The number of aliphatic hydroxyl groups is 1. The maximum atomic E-state index is 13.8. The Morgan fingerprint density at radius 3 is 2.35 bits per heavy atom. The van der Waals surface area contributed by atoms with Crippen LogP contribution >= 0.6 is 0 Å². The van der Waals surface area contributed by atoms with Crippen LogP contribution in [0.2, 0.25) is 0 Å². The van der Waals surface area contributed by atoms with Crippen molar-refractivity contribution < 1.29 is 29.1 Å². The van der Waals surface area contributed by atoms with Crippen molar-refractivity contribution >= 4 is 29.4 Å². The number of hydrogen-bond donors (Lipinski definition) is 4. The first kappa shape index (κ1) is 31.3. The normalized spacial score (nSPS) is 24.2. The van der Waals surface area contributed by atoms with Crippen LogP contribution in [0.5, 0.6) is 0 Å². The van der Waals surface area contributed by atoms with E-state index in [9.17, 15) is 29.1 Å². The van der Waals surface area contributed by atoms with Gasteiger partial charge in [0.25, 0.3) is 0 Å². The summed E-state index contributed by atoms with van der Waals surface area (Å²) in [7, 11) is 0. The second kappa shape index (κ2) is 14.4. The third-order valence-corrected chi connectivity index (χ3v) is 8.24. The van der Waals surface area contributed by atoms with E-state index in [-0.39, 0.29) is 30.4 Å². The fourth-order valence-corrected chi connectivity index (χ4v) is 5.55. The summed E-state index contributed by atoms with van der Waals surface area (Å²) in [5.74, 6) is -1.77. The van der Waals surface area contributed by atoms with E-state index >= 15 is 0 Å². The van der Waals surface area contributed by atoms with Crippen molar-refractivity contribution in [2.75, 3.05) is 6.54 Å². The van der Waals surface area contributed by atoms with Crippen molar-refractivity contribution in [1.29, 1.82) is 0 Å². The highest BCUT2D eigenvalue weighted by Crippen LogP contribution is 2.23. The van der Waals surface area contributed by atoms with Gasteiger partial charge in [-0.2, -0.15) is 0 Å². The third kappa shape index (κ3) is 7.68. The number of nitrogens with zero attached hydrogens (tertiary/aromatic N) is 1. The molecule has 2 heterocycles. The molecule has 0 aliphatic carbocycles. The van der Waals surface area contributed by atoms with Crippen molar-refractivity contribution in [2.24, 2.45) is 0 Å². The molecule has 2 saturated heterocycles. The highest BCUT2D eigenvalue weighted by atomic mass is 16.3. The first-order valence-corrected chi connectivity index (χ1v) is 14.6. The standard InChI is InChI=1S/C30H44N4O6/c1-4-30(5-2)29(40)32-23(19-21-13-8-6-9-14-21)28(39)34-18-12-16-24(34)27(38)31-22(26(37)33-30)15-10-7-11-17-25(36)20(3)35/h6,8-9,13-14,20,22-24,35H,4-5,7,10-12,15-19H2,1-3H3,(H,31,38)(H,32,40)(H,33,37)/t20-,22+,23+,24-/m1/s1. The van der Waals surface area contributed by atoms with E-state index in [0.29, 0.717) is 57.9 Å². The first-order valence-electron chi connectivity index (χ1n) is 14.6. The fraction of sp³-hybridized carbons (Fsp3) is 0.633. The molecule has 0 spiro atoms. The predicted molar refractivity (Wildman–Crippen MR) is 150 cm³/mol. The van der Waals surface area contributed by atoms with Crippen molar-refractivity contribution in [3.8, 4) is 0 Å². The second-order valence-electron chi connectivity index (χ2n) is 11.0. The molecule has 220 valence electrons. The van der Waals surface area contributed by atoms with Gasteiger partial charge in [0.05, 0.1) is 0 Å². The molecule has 0 unspecified atom stereocenters. The minimum atomic E-state index is -1.25. The monoisotopic (exact) mass is 556 g/mol. The summed E-state index contributed by atoms with van der Waals surface area (Å²) >= 11 is 0. The molecular weight excluding hydrogens is 512 g/mol. The molecule has 0 radical (unpaired) electrons. The molecule has 3 rings (SSSR count). The lowest BCUT2D eigenvalue weighted by molar-refractivity contribution is -0.145. The zero-order valence-electron chi connectivity index (χ0n) is 23.9. The summed E-state index contributed by atoms with van der Waals surface area (Å²) in [5.41, 5.74) is -0.367. The Labute approximate surface area is 236 Å². The number of aliphatic hydroxyl groups excluding tert-OH is 1. The van der Waals surface area contributed by atoms with Crippen LogP contribution in [-0.2, 0) is 30.4 Å². The number of carbonyl (C=O) groups excluding carboxylic acids is 5. The van der Waals surface area contributed by atoms with Crippen LogP contribution in [-0.4, -0.2) is 75.7 Å². The number of benzene rings is 1. The van der Waals surface area contributed by atoms with Gasteiger partial charge in [-0.25, -0.2) is 0 Å². The average Bonchev–Trinajstić information content (AvgIpc) is 3.44. The van der Waals surface area contributed by atoms with Gasteiger partial charge in [0, 0.05) is 19.4 Å². The molecule has 0 bridgehead atoms. The predicted octanol–water partition coefficient (Wildman–Crippen LogP) is 1.78. The summed E-state index contributed by atoms with van der Waals surface area (Å²) in [6.45, 7) is 5.47. The molecule has 10 heteroatoms. The lowest BCUT2D eigenvalue weighted by Crippen LogP contribution is -2.66. The maximum absolute atomic E-state index is 13.8. The van der Waals surface area contributed by atoms with E-state index in [0.717, 1.165) is 5.56 Å². The van der Waals surface area contributed by atoms with E-state index in [1.165, 1.54) is 6.92 Å². The minimum Gasteiger partial charge on any atom is -0.386 e. The third-order valence-electron chi connectivity index (χ3n) is 8.24. The summed E-state index contributed by atoms with van der Waals surface area (Å²) in [4.78, 5) is 67.8. The van der Waals surface area contributed by atoms with Crippen molar-refractivity contribution in [2.45, 2.75) is 115 Å². The number of Topliss-reactive ketones (excluding diaryl/α,β-unsaturated/α-hetero) is 1. The quantitative estimate of drug-likeness (QED) is 0.306. The van der Waals surface area contributed by atoms with Crippen LogP contribution in [0.15, 0.2) is 30.3 Å². The molecule has 1 aromatic carbocycles. The van der Waals surface area contributed by atoms with Crippen molar-refractivity contribution in [3.63, 3.8) is 0 Å². The van der Waals surface area contributed by atoms with Crippen LogP contribution in [0.4, 0.5) is 0 Å². The highest BCUT2D eigenvalue weighted by molar-refractivity contribution is 5.99. The summed E-state index contributed by atoms with van der Waals surface area (Å²) in [6, 6.07) is 6.93. The van der Waals surface area contributed by atoms with E-state index in [1.807, 2.05) is 44.2 Å². The van der Waals surface area contributed by atoms with Gasteiger partial charge in [0.1, 0.15) is 29.8 Å². The Kier molecular flexibility index (Phi) is 11.2. The molecule has 2 fully saturated rings. The molecule has 2 aliphatic rings. The number of ketones is 1. The van der Waals surface area contributed by atoms with E-state index < -0.39 is 41.6 Å². The molecule has 4 atom stereocenters. The van der Waals surface area contributed by atoms with Crippen LogP contribution < -0.4 is 16.0 Å². The fourth-order valence-electron chi connectivity index (χ4n) is 5.55. The Hall–Kier alpha value is -3.27. The van der Waals surface area contributed by atoms with Crippen LogP contribution in [0, 0.1) is 0 Å². The number of unbranched alkanes of at least 4 members (excludes halogenated alkanes) is 2. The molecule has 4 amide bonds. The smallest absolute Gasteiger partial charge is 0.246 e. The lowest BCUT2D eigenvalue weighted by atomic mass is 9.89. The van der Waals surface area contributed by atoms with Crippen molar-refractivity contribution in [3.05, 3.63) is 35.9 Å². The molecule has 10 nitrogen and oxygen atoms in total. The number of amides is 4. The van der Waals surface area contributed by atoms with Crippen LogP contribution in [0.1, 0.15) is 84.1 Å². The number of hydrogen-bond acceptors (Lipinski definition) is 6. The Bertz CT molecular complexity index is 1060. The Morgan fingerprint density at radius 1 is 1.00 bits per heavy atom. The van der Waals surface area contributed by atoms with Crippen LogP contribution in [0.25, 0.3) is 0 Å². The van der Waals surface area contributed by atoms with Gasteiger partial charge in [-0.3, -0.25) is 24.0 Å². The molecule has 0 aromatic heterocycles. The zero-order chi connectivity index (χ0) is 29.3. The Morgan fingerprint density at radius 2 is 1.70 bits per heavy atom. The Balaban J connectivity index is 1.85. The SMILES string of the molecule is CCC1(CC)NC(=O)[C@H](CCCCCC(=O)[C@@H](C)O)NC(=O)[C@H]2CCCN2C(=O)[C@H](Cc2ccccc2)NC1=O. The highest BCUT2D eigenvalue weighted by Gasteiger charge is 2.44. The van der Waals surface area contributed by atoms with Gasteiger partial charge >= 0.3 is 0 Å². The van der Waals surface area contributed by atoms with Gasteiger partial charge < -0.3 is 26.0 Å². The van der Waals surface area contributed by atoms with Crippen LogP contribution in [0.3, 0.4) is 0 Å². The topological polar surface area (TPSA) is 145 Å². The number of carbonyl (C=O) groups is 5.